The van der Waals surface area contributed by atoms with E-state index < -0.39 is 10.8 Å². The van der Waals surface area contributed by atoms with Crippen molar-refractivity contribution in [2.45, 2.75) is 25.8 Å². The van der Waals surface area contributed by atoms with Crippen LogP contribution < -0.4 is 5.32 Å². The first-order valence-corrected chi connectivity index (χ1v) is 7.17. The van der Waals surface area contributed by atoms with E-state index in [-0.39, 0.29) is 0 Å². The average molecular weight is 218 g/mol. The van der Waals surface area contributed by atoms with Crippen molar-refractivity contribution in [3.05, 3.63) is 0 Å². The van der Waals surface area contributed by atoms with E-state index in [1.54, 1.807) is 6.26 Å². The molecule has 0 bridgehead atoms. The third kappa shape index (κ3) is 5.08. The number of nitrogens with one attached hydrogen (secondary N) is 1. The van der Waals surface area contributed by atoms with Crippen LogP contribution in [0.15, 0.2) is 0 Å². The number of rotatable bonds is 3. The monoisotopic (exact) mass is 218 g/mol. The third-order valence-electron chi connectivity index (χ3n) is 2.72. The summed E-state index contributed by atoms with van der Waals surface area (Å²) >= 11 is 0. The maximum Gasteiger partial charge on any atom is 0.0359 e. The maximum absolute atomic E-state index is 11.0. The van der Waals surface area contributed by atoms with Crippen LogP contribution in [0.3, 0.4) is 0 Å². The minimum Gasteiger partial charge on any atom is -0.314 e. The normalized spacial score (nSPS) is 28.0. The molecule has 1 saturated heterocycles. The Morgan fingerprint density at radius 1 is 1.50 bits per heavy atom. The lowest BCUT2D eigenvalue weighted by Crippen LogP contribution is -2.39. The summed E-state index contributed by atoms with van der Waals surface area (Å²) in [4.78, 5) is 2.44. The molecule has 2 unspecified atom stereocenters. The van der Waals surface area contributed by atoms with Crippen LogP contribution in [0, 0.1) is 0 Å². The molecule has 4 heteroatoms. The molecule has 1 rings (SSSR count). The highest BCUT2D eigenvalue weighted by Gasteiger charge is 2.11. The molecule has 1 aliphatic rings. The first kappa shape index (κ1) is 12.1. The third-order valence-corrected chi connectivity index (χ3v) is 3.47. The summed E-state index contributed by atoms with van der Waals surface area (Å²) in [6.07, 6.45) is 4.20. The fraction of sp³-hybridized carbons (Fsp3) is 1.00. The minimum atomic E-state index is -0.643. The topological polar surface area (TPSA) is 32.3 Å². The van der Waals surface area contributed by atoms with Gasteiger partial charge in [-0.1, -0.05) is 0 Å². The Kier molecular flexibility index (Phi) is 5.67. The van der Waals surface area contributed by atoms with Crippen LogP contribution in [0.4, 0.5) is 0 Å². The SMILES string of the molecule is CC1CCN(CCS(C)=O)CCCN1. The van der Waals surface area contributed by atoms with Crippen molar-refractivity contribution in [3.63, 3.8) is 0 Å². The van der Waals surface area contributed by atoms with Crippen LogP contribution in [0.2, 0.25) is 0 Å². The van der Waals surface area contributed by atoms with Crippen LogP contribution in [0.1, 0.15) is 19.8 Å². The zero-order valence-corrected chi connectivity index (χ0v) is 10.1. The molecule has 0 radical (unpaired) electrons. The summed E-state index contributed by atoms with van der Waals surface area (Å²) in [5, 5.41) is 3.48. The van der Waals surface area contributed by atoms with Gasteiger partial charge in [0.05, 0.1) is 0 Å². The second-order valence-corrected chi connectivity index (χ2v) is 5.67. The highest BCUT2D eigenvalue weighted by molar-refractivity contribution is 7.84. The lowest BCUT2D eigenvalue weighted by atomic mass is 10.2. The lowest BCUT2D eigenvalue weighted by Gasteiger charge is -2.27. The Balaban J connectivity index is 2.24. The van der Waals surface area contributed by atoms with Gasteiger partial charge in [-0.15, -0.1) is 0 Å². The van der Waals surface area contributed by atoms with Crippen molar-refractivity contribution in [1.29, 1.82) is 0 Å². The minimum absolute atomic E-state index is 0.630. The summed E-state index contributed by atoms with van der Waals surface area (Å²) in [6, 6.07) is 0.630. The van der Waals surface area contributed by atoms with Crippen LogP contribution >= 0.6 is 0 Å². The zero-order valence-electron chi connectivity index (χ0n) is 9.29. The predicted octanol–water partition coefficient (Wildman–Crippen LogP) is 0.439. The molecule has 0 aromatic heterocycles. The average Bonchev–Trinajstić information content (AvgIpc) is 2.11. The molecule has 1 aliphatic heterocycles. The van der Waals surface area contributed by atoms with Crippen LogP contribution in [-0.4, -0.2) is 53.3 Å². The van der Waals surface area contributed by atoms with Crippen molar-refractivity contribution in [2.24, 2.45) is 0 Å². The Labute approximate surface area is 89.7 Å². The van der Waals surface area contributed by atoms with E-state index in [1.165, 1.54) is 12.8 Å². The quantitative estimate of drug-likeness (QED) is 0.746. The van der Waals surface area contributed by atoms with E-state index in [2.05, 4.69) is 17.1 Å². The van der Waals surface area contributed by atoms with Crippen molar-refractivity contribution >= 4 is 10.8 Å². The molecule has 0 aromatic carbocycles. The van der Waals surface area contributed by atoms with Gasteiger partial charge in [-0.2, -0.15) is 0 Å². The first-order valence-electron chi connectivity index (χ1n) is 5.44. The molecule has 3 nitrogen and oxygen atoms in total. The molecule has 0 aromatic rings. The van der Waals surface area contributed by atoms with Gasteiger partial charge in [-0.25, -0.2) is 0 Å². The fourth-order valence-electron chi connectivity index (χ4n) is 1.72. The fourth-order valence-corrected chi connectivity index (χ4v) is 2.24. The zero-order chi connectivity index (χ0) is 10.4. The Bertz CT molecular complexity index is 187. The van der Waals surface area contributed by atoms with E-state index in [1.807, 2.05) is 0 Å². The maximum atomic E-state index is 11.0. The van der Waals surface area contributed by atoms with Gasteiger partial charge < -0.3 is 10.2 Å². The van der Waals surface area contributed by atoms with Gasteiger partial charge in [-0.3, -0.25) is 4.21 Å². The molecule has 14 heavy (non-hydrogen) atoms. The summed E-state index contributed by atoms with van der Waals surface area (Å²) in [7, 11) is -0.643. The van der Waals surface area contributed by atoms with Gasteiger partial charge in [0.1, 0.15) is 0 Å². The van der Waals surface area contributed by atoms with Crippen molar-refractivity contribution < 1.29 is 4.21 Å². The van der Waals surface area contributed by atoms with E-state index in [9.17, 15) is 4.21 Å². The first-order chi connectivity index (χ1) is 6.68. The molecule has 0 spiro atoms. The Morgan fingerprint density at radius 3 is 3.00 bits per heavy atom. The summed E-state index contributed by atoms with van der Waals surface area (Å²) < 4.78 is 11.0. The molecular formula is C10H22N2OS. The summed E-state index contributed by atoms with van der Waals surface area (Å²) in [5.74, 6) is 0.821. The van der Waals surface area contributed by atoms with Gasteiger partial charge >= 0.3 is 0 Å². The molecule has 1 fully saturated rings. The van der Waals surface area contributed by atoms with E-state index in [4.69, 9.17) is 0 Å². The molecule has 1 heterocycles. The Morgan fingerprint density at radius 2 is 2.29 bits per heavy atom. The molecule has 1 N–H and O–H groups in total. The highest BCUT2D eigenvalue weighted by atomic mass is 32.2. The van der Waals surface area contributed by atoms with E-state index in [0.717, 1.165) is 31.9 Å². The van der Waals surface area contributed by atoms with Gasteiger partial charge in [0.15, 0.2) is 0 Å². The smallest absolute Gasteiger partial charge is 0.0359 e. The van der Waals surface area contributed by atoms with Crippen molar-refractivity contribution in [2.75, 3.05) is 38.2 Å². The van der Waals surface area contributed by atoms with Gasteiger partial charge in [0.25, 0.3) is 0 Å². The summed E-state index contributed by atoms with van der Waals surface area (Å²) in [6.45, 7) is 6.65. The largest absolute Gasteiger partial charge is 0.314 e. The Hall–Kier alpha value is 0.0700. The predicted molar refractivity (Wildman–Crippen MR) is 62.1 cm³/mol. The summed E-state index contributed by atoms with van der Waals surface area (Å²) in [5.41, 5.74) is 0. The van der Waals surface area contributed by atoms with Gasteiger partial charge in [0, 0.05) is 35.4 Å². The molecule has 0 saturated carbocycles. The van der Waals surface area contributed by atoms with Crippen LogP contribution in [-0.2, 0) is 10.8 Å². The number of hydrogen-bond donors (Lipinski definition) is 1. The second kappa shape index (κ2) is 6.53. The molecule has 0 aliphatic carbocycles. The number of nitrogens with zero attached hydrogens (tertiary/aromatic N) is 1. The lowest BCUT2D eigenvalue weighted by molar-refractivity contribution is 0.249. The van der Waals surface area contributed by atoms with Crippen LogP contribution in [0.5, 0.6) is 0 Å². The highest BCUT2D eigenvalue weighted by Crippen LogP contribution is 2.01. The number of hydrogen-bond acceptors (Lipinski definition) is 3. The molecule has 84 valence electrons. The molecule has 0 amide bonds. The van der Waals surface area contributed by atoms with E-state index in [0.29, 0.717) is 6.04 Å². The van der Waals surface area contributed by atoms with Crippen molar-refractivity contribution in [3.8, 4) is 0 Å². The molecular weight excluding hydrogens is 196 g/mol. The van der Waals surface area contributed by atoms with Gasteiger partial charge in [-0.05, 0) is 39.4 Å². The van der Waals surface area contributed by atoms with Gasteiger partial charge in [0.2, 0.25) is 0 Å². The van der Waals surface area contributed by atoms with Crippen molar-refractivity contribution in [1.82, 2.24) is 10.2 Å². The van der Waals surface area contributed by atoms with Crippen LogP contribution in [0.25, 0.3) is 0 Å². The molecule has 2 atom stereocenters. The van der Waals surface area contributed by atoms with E-state index >= 15 is 0 Å². The second-order valence-electron chi connectivity index (χ2n) is 4.12. The standard InChI is InChI=1S/C10H22N2OS/c1-10-4-7-12(6-3-5-11-10)8-9-14(2)13/h10-11H,3-9H2,1-2H3.